The molecule has 0 atom stereocenters. The number of ether oxygens (including phenoxy) is 2. The van der Waals surface area contributed by atoms with Crippen molar-refractivity contribution in [1.29, 1.82) is 0 Å². The first-order valence-corrected chi connectivity index (χ1v) is 10.4. The summed E-state index contributed by atoms with van der Waals surface area (Å²) in [6, 6.07) is 15.0. The summed E-state index contributed by atoms with van der Waals surface area (Å²) >= 11 is 1.46. The van der Waals surface area contributed by atoms with Crippen LogP contribution in [-0.4, -0.2) is 29.8 Å². The molecule has 0 aliphatic carbocycles. The summed E-state index contributed by atoms with van der Waals surface area (Å²) in [5, 5.41) is 0.502. The van der Waals surface area contributed by atoms with Crippen LogP contribution in [0.3, 0.4) is 0 Å². The first-order valence-electron chi connectivity index (χ1n) is 9.58. The summed E-state index contributed by atoms with van der Waals surface area (Å²) in [5.41, 5.74) is 4.85. The number of rotatable bonds is 6. The summed E-state index contributed by atoms with van der Waals surface area (Å²) in [6.45, 7) is 1.97. The zero-order valence-corrected chi connectivity index (χ0v) is 18.2. The van der Waals surface area contributed by atoms with Crippen LogP contribution in [0.1, 0.15) is 10.4 Å². The van der Waals surface area contributed by atoms with E-state index in [1.54, 1.807) is 25.3 Å². The Kier molecular flexibility index (Phi) is 5.73. The van der Waals surface area contributed by atoms with Gasteiger partial charge >= 0.3 is 0 Å². The van der Waals surface area contributed by atoms with Crippen molar-refractivity contribution in [2.24, 2.45) is 0 Å². The average molecular weight is 436 g/mol. The van der Waals surface area contributed by atoms with E-state index in [0.29, 0.717) is 21.7 Å². The highest BCUT2D eigenvalue weighted by Gasteiger charge is 2.18. The van der Waals surface area contributed by atoms with Crippen LogP contribution in [0.2, 0.25) is 0 Å². The first kappa shape index (κ1) is 20.6. The predicted octanol–water partition coefficient (Wildman–Crippen LogP) is 3.76. The molecule has 0 saturated carbocycles. The molecule has 158 valence electrons. The Morgan fingerprint density at radius 3 is 2.55 bits per heavy atom. The minimum absolute atomic E-state index is 0.0685. The van der Waals surface area contributed by atoms with Gasteiger partial charge in [-0.25, -0.2) is 9.66 Å². The van der Waals surface area contributed by atoms with Crippen LogP contribution in [0.5, 0.6) is 11.5 Å². The van der Waals surface area contributed by atoms with Crippen molar-refractivity contribution in [3.05, 3.63) is 75.7 Å². The zero-order valence-electron chi connectivity index (χ0n) is 17.3. The van der Waals surface area contributed by atoms with Gasteiger partial charge in [0.2, 0.25) is 5.91 Å². The molecule has 1 N–H and O–H groups in total. The molecule has 1 amide bonds. The summed E-state index contributed by atoms with van der Waals surface area (Å²) in [4.78, 5) is 31.8. The van der Waals surface area contributed by atoms with E-state index in [0.717, 1.165) is 26.2 Å². The Hall–Kier alpha value is -3.65. The molecule has 0 saturated heterocycles. The predicted molar refractivity (Wildman–Crippen MR) is 122 cm³/mol. The molecule has 0 radical (unpaired) electrons. The fourth-order valence-electron chi connectivity index (χ4n) is 3.48. The van der Waals surface area contributed by atoms with E-state index in [2.05, 4.69) is 10.4 Å². The van der Waals surface area contributed by atoms with E-state index in [1.807, 2.05) is 37.3 Å². The van der Waals surface area contributed by atoms with Gasteiger partial charge in [0.15, 0.2) is 11.5 Å². The van der Waals surface area contributed by atoms with E-state index >= 15 is 0 Å². The van der Waals surface area contributed by atoms with E-state index in [1.165, 1.54) is 24.8 Å². The van der Waals surface area contributed by atoms with Crippen molar-refractivity contribution in [3.8, 4) is 22.6 Å². The molecule has 0 aliphatic heterocycles. The van der Waals surface area contributed by atoms with Gasteiger partial charge in [-0.15, -0.1) is 11.3 Å². The van der Waals surface area contributed by atoms with Gasteiger partial charge < -0.3 is 9.47 Å². The highest BCUT2D eigenvalue weighted by Crippen LogP contribution is 2.35. The van der Waals surface area contributed by atoms with Crippen molar-refractivity contribution in [1.82, 2.24) is 9.66 Å². The zero-order chi connectivity index (χ0) is 22.0. The van der Waals surface area contributed by atoms with Gasteiger partial charge in [-0.3, -0.25) is 15.0 Å². The van der Waals surface area contributed by atoms with E-state index in [9.17, 15) is 9.59 Å². The number of hydrogen-bond acceptors (Lipinski definition) is 6. The normalized spacial score (nSPS) is 10.8. The Morgan fingerprint density at radius 1 is 1.10 bits per heavy atom. The molecule has 0 unspecified atom stereocenters. The van der Waals surface area contributed by atoms with Crippen LogP contribution in [0, 0.1) is 6.92 Å². The molecule has 0 spiro atoms. The van der Waals surface area contributed by atoms with Gasteiger partial charge in [-0.1, -0.05) is 36.4 Å². The third-order valence-electron chi connectivity index (χ3n) is 4.91. The van der Waals surface area contributed by atoms with Crippen molar-refractivity contribution >= 4 is 27.5 Å². The minimum atomic E-state index is -0.344. The summed E-state index contributed by atoms with van der Waals surface area (Å²) in [5.74, 6) is 0.775. The molecule has 2 heterocycles. The maximum Gasteiger partial charge on any atom is 0.281 e. The lowest BCUT2D eigenvalue weighted by molar-refractivity contribution is -0.116. The maximum atomic E-state index is 13.2. The van der Waals surface area contributed by atoms with Gasteiger partial charge in [0.05, 0.1) is 26.0 Å². The SMILES string of the molecule is COc1ccc(CC(=O)Nn2cnc3sc(C)c(-c4ccccc4)c3c2=O)cc1OC. The monoisotopic (exact) mass is 435 g/mol. The van der Waals surface area contributed by atoms with E-state index in [-0.39, 0.29) is 17.9 Å². The second-order valence-electron chi connectivity index (χ2n) is 6.90. The fourth-order valence-corrected chi connectivity index (χ4v) is 4.49. The highest BCUT2D eigenvalue weighted by molar-refractivity contribution is 7.19. The van der Waals surface area contributed by atoms with Gasteiger partial charge in [-0.05, 0) is 30.2 Å². The lowest BCUT2D eigenvalue weighted by Crippen LogP contribution is -2.34. The quantitative estimate of drug-likeness (QED) is 0.499. The van der Waals surface area contributed by atoms with Crippen LogP contribution in [-0.2, 0) is 11.2 Å². The number of thiophene rings is 1. The second kappa shape index (κ2) is 8.61. The molecule has 0 fully saturated rings. The molecule has 8 heteroatoms. The lowest BCUT2D eigenvalue weighted by atomic mass is 10.0. The molecular formula is C23H21N3O4S. The average Bonchev–Trinajstić information content (AvgIpc) is 3.12. The van der Waals surface area contributed by atoms with Crippen molar-refractivity contribution in [2.75, 3.05) is 19.6 Å². The molecule has 0 aliphatic rings. The fraction of sp³-hybridized carbons (Fsp3) is 0.174. The number of aromatic nitrogens is 2. The van der Waals surface area contributed by atoms with Crippen LogP contribution in [0.15, 0.2) is 59.7 Å². The van der Waals surface area contributed by atoms with Crippen molar-refractivity contribution in [3.63, 3.8) is 0 Å². The number of nitrogens with one attached hydrogen (secondary N) is 1. The van der Waals surface area contributed by atoms with Gasteiger partial charge in [0.1, 0.15) is 11.2 Å². The Bertz CT molecular complexity index is 1310. The Morgan fingerprint density at radius 2 is 1.84 bits per heavy atom. The van der Waals surface area contributed by atoms with E-state index < -0.39 is 0 Å². The second-order valence-corrected chi connectivity index (χ2v) is 8.10. The largest absolute Gasteiger partial charge is 0.493 e. The number of methoxy groups -OCH3 is 2. The van der Waals surface area contributed by atoms with Gasteiger partial charge in [0, 0.05) is 10.4 Å². The summed E-state index contributed by atoms with van der Waals surface area (Å²) in [7, 11) is 3.09. The molecule has 0 bridgehead atoms. The van der Waals surface area contributed by atoms with Crippen LogP contribution in [0.4, 0.5) is 0 Å². The first-order chi connectivity index (χ1) is 15.0. The van der Waals surface area contributed by atoms with Crippen molar-refractivity contribution in [2.45, 2.75) is 13.3 Å². The Labute approximate surface area is 182 Å². The third-order valence-corrected chi connectivity index (χ3v) is 5.92. The van der Waals surface area contributed by atoms with Crippen LogP contribution in [0.25, 0.3) is 21.3 Å². The standard InChI is InChI=1S/C23H21N3O4S/c1-14-20(16-7-5-4-6-8-16)21-22(31-14)24-13-26(23(21)28)25-19(27)12-15-9-10-17(29-2)18(11-15)30-3/h4-11,13H,12H2,1-3H3,(H,25,27). The molecule has 7 nitrogen and oxygen atoms in total. The molecule has 2 aromatic heterocycles. The number of carbonyl (C=O) groups is 1. The smallest absolute Gasteiger partial charge is 0.281 e. The minimum Gasteiger partial charge on any atom is -0.493 e. The summed E-state index contributed by atoms with van der Waals surface area (Å²) in [6.07, 6.45) is 1.42. The number of fused-ring (bicyclic) bond motifs is 1. The lowest BCUT2D eigenvalue weighted by Gasteiger charge is -2.11. The number of nitrogens with zero attached hydrogens (tertiary/aromatic N) is 2. The van der Waals surface area contributed by atoms with Crippen LogP contribution >= 0.6 is 11.3 Å². The van der Waals surface area contributed by atoms with Gasteiger partial charge in [-0.2, -0.15) is 0 Å². The molecule has 4 rings (SSSR count). The molecular weight excluding hydrogens is 414 g/mol. The number of benzene rings is 2. The van der Waals surface area contributed by atoms with Crippen LogP contribution < -0.4 is 20.5 Å². The number of hydrogen-bond donors (Lipinski definition) is 1. The topological polar surface area (TPSA) is 82.5 Å². The maximum absolute atomic E-state index is 13.2. The number of amides is 1. The number of carbonyl (C=O) groups excluding carboxylic acids is 1. The molecule has 31 heavy (non-hydrogen) atoms. The molecule has 2 aromatic carbocycles. The summed E-state index contributed by atoms with van der Waals surface area (Å²) < 4.78 is 11.6. The third kappa shape index (κ3) is 4.02. The number of aryl methyl sites for hydroxylation is 1. The van der Waals surface area contributed by atoms with E-state index in [4.69, 9.17) is 9.47 Å². The highest BCUT2D eigenvalue weighted by atomic mass is 32.1. The molecule has 4 aromatic rings. The van der Waals surface area contributed by atoms with Gasteiger partial charge in [0.25, 0.3) is 5.56 Å². The van der Waals surface area contributed by atoms with Crippen molar-refractivity contribution < 1.29 is 14.3 Å². The Balaban J connectivity index is 1.64.